The lowest BCUT2D eigenvalue weighted by atomic mass is 9.98. The van der Waals surface area contributed by atoms with Crippen molar-refractivity contribution in [1.29, 1.82) is 0 Å². The van der Waals surface area contributed by atoms with Crippen LogP contribution in [0.5, 0.6) is 0 Å². The molecule has 3 rings (SSSR count). The Hall–Kier alpha value is -2.14. The number of aromatic nitrogens is 2. The summed E-state index contributed by atoms with van der Waals surface area (Å²) in [5.74, 6) is 0.0834. The van der Waals surface area contributed by atoms with Gasteiger partial charge in [-0.25, -0.2) is 0 Å². The highest BCUT2D eigenvalue weighted by molar-refractivity contribution is 5.79. The van der Waals surface area contributed by atoms with E-state index in [1.807, 2.05) is 25.6 Å². The molecule has 1 aromatic heterocycles. The summed E-state index contributed by atoms with van der Waals surface area (Å²) in [4.78, 5) is 15.0. The Morgan fingerprint density at radius 2 is 2.00 bits per heavy atom. The molecule has 1 atom stereocenters. The van der Waals surface area contributed by atoms with Gasteiger partial charge in [0.25, 0.3) is 0 Å². The predicted octanol–water partition coefficient (Wildman–Crippen LogP) is 2.53. The maximum Gasteiger partial charge on any atom is 0.224 e. The van der Waals surface area contributed by atoms with Gasteiger partial charge in [-0.1, -0.05) is 31.2 Å². The number of nitrogens with one attached hydrogen (secondary N) is 1. The number of amides is 1. The Bertz CT molecular complexity index is 780. The SMILES string of the molecule is CCC(CNC(=O)Cc1c(C)nn(C)c1C)N1CCc2ccccc2C1. The van der Waals surface area contributed by atoms with Crippen molar-refractivity contribution >= 4 is 5.91 Å². The van der Waals surface area contributed by atoms with Crippen LogP contribution < -0.4 is 5.32 Å². The van der Waals surface area contributed by atoms with Crippen LogP contribution in [0.4, 0.5) is 0 Å². The highest BCUT2D eigenvalue weighted by Crippen LogP contribution is 2.21. The molecule has 0 bridgehead atoms. The summed E-state index contributed by atoms with van der Waals surface area (Å²) >= 11 is 0. The number of benzene rings is 1. The van der Waals surface area contributed by atoms with E-state index in [-0.39, 0.29) is 5.91 Å². The summed E-state index contributed by atoms with van der Waals surface area (Å²) in [6.45, 7) is 8.93. The minimum Gasteiger partial charge on any atom is -0.354 e. The van der Waals surface area contributed by atoms with E-state index in [2.05, 4.69) is 46.5 Å². The molecular formula is C21H30N4O. The van der Waals surface area contributed by atoms with E-state index in [0.717, 1.165) is 42.9 Å². The standard InChI is InChI=1S/C21H30N4O/c1-5-19(25-11-10-17-8-6-7-9-18(17)14-25)13-22-21(26)12-20-15(2)23-24(4)16(20)3/h6-9,19H,5,10-14H2,1-4H3,(H,22,26). The van der Waals surface area contributed by atoms with Gasteiger partial charge in [-0.05, 0) is 37.8 Å². The van der Waals surface area contributed by atoms with Crippen LogP contribution in [0, 0.1) is 13.8 Å². The number of carbonyl (C=O) groups is 1. The molecule has 5 heteroatoms. The summed E-state index contributed by atoms with van der Waals surface area (Å²) < 4.78 is 1.85. The van der Waals surface area contributed by atoms with Crippen LogP contribution in [0.3, 0.4) is 0 Å². The third kappa shape index (κ3) is 3.98. The van der Waals surface area contributed by atoms with Crippen molar-refractivity contribution < 1.29 is 4.79 Å². The van der Waals surface area contributed by atoms with Gasteiger partial charge in [-0.3, -0.25) is 14.4 Å². The average molecular weight is 354 g/mol. The fourth-order valence-corrected chi connectivity index (χ4v) is 3.89. The van der Waals surface area contributed by atoms with Crippen molar-refractivity contribution in [3.63, 3.8) is 0 Å². The van der Waals surface area contributed by atoms with Crippen molar-refractivity contribution in [3.05, 3.63) is 52.3 Å². The highest BCUT2D eigenvalue weighted by atomic mass is 16.1. The summed E-state index contributed by atoms with van der Waals surface area (Å²) in [7, 11) is 1.92. The second-order valence-electron chi connectivity index (χ2n) is 7.31. The van der Waals surface area contributed by atoms with E-state index < -0.39 is 0 Å². The number of nitrogens with zero attached hydrogens (tertiary/aromatic N) is 3. The van der Waals surface area contributed by atoms with Crippen LogP contribution in [0.25, 0.3) is 0 Å². The predicted molar refractivity (Wildman–Crippen MR) is 104 cm³/mol. The molecule has 0 aliphatic carbocycles. The molecule has 1 unspecified atom stereocenters. The molecule has 1 aliphatic heterocycles. The number of aryl methyl sites for hydroxylation is 2. The average Bonchev–Trinajstić information content (AvgIpc) is 2.88. The molecule has 0 fully saturated rings. The summed E-state index contributed by atoms with van der Waals surface area (Å²) in [5, 5.41) is 7.55. The van der Waals surface area contributed by atoms with E-state index in [1.165, 1.54) is 11.1 Å². The first kappa shape index (κ1) is 18.6. The van der Waals surface area contributed by atoms with Crippen molar-refractivity contribution in [3.8, 4) is 0 Å². The molecule has 2 heterocycles. The monoisotopic (exact) mass is 354 g/mol. The molecule has 26 heavy (non-hydrogen) atoms. The topological polar surface area (TPSA) is 50.2 Å². The smallest absolute Gasteiger partial charge is 0.224 e. The van der Waals surface area contributed by atoms with Gasteiger partial charge >= 0.3 is 0 Å². The largest absolute Gasteiger partial charge is 0.354 e. The third-order valence-electron chi connectivity index (χ3n) is 5.68. The van der Waals surface area contributed by atoms with Crippen LogP contribution in [0.2, 0.25) is 0 Å². The molecule has 1 aromatic carbocycles. The molecule has 5 nitrogen and oxygen atoms in total. The van der Waals surface area contributed by atoms with Crippen molar-refractivity contribution in [1.82, 2.24) is 20.0 Å². The van der Waals surface area contributed by atoms with Gasteiger partial charge in [0.1, 0.15) is 0 Å². The zero-order valence-electron chi connectivity index (χ0n) is 16.4. The van der Waals surface area contributed by atoms with Crippen LogP contribution >= 0.6 is 0 Å². The van der Waals surface area contributed by atoms with Crippen LogP contribution in [-0.4, -0.2) is 39.7 Å². The molecule has 1 N–H and O–H groups in total. The molecule has 0 saturated heterocycles. The zero-order valence-corrected chi connectivity index (χ0v) is 16.4. The van der Waals surface area contributed by atoms with Crippen LogP contribution in [0.1, 0.15) is 41.4 Å². The van der Waals surface area contributed by atoms with E-state index in [9.17, 15) is 4.79 Å². The molecule has 2 aromatic rings. The Kier molecular flexibility index (Phi) is 5.77. The van der Waals surface area contributed by atoms with Gasteiger partial charge < -0.3 is 5.32 Å². The van der Waals surface area contributed by atoms with Crippen LogP contribution in [0.15, 0.2) is 24.3 Å². The zero-order chi connectivity index (χ0) is 18.7. The normalized spacial score (nSPS) is 15.5. The Morgan fingerprint density at radius 1 is 1.27 bits per heavy atom. The number of fused-ring (bicyclic) bond motifs is 1. The van der Waals surface area contributed by atoms with E-state index in [4.69, 9.17) is 0 Å². The van der Waals surface area contributed by atoms with Gasteiger partial charge in [-0.15, -0.1) is 0 Å². The molecule has 1 aliphatic rings. The van der Waals surface area contributed by atoms with E-state index in [0.29, 0.717) is 19.0 Å². The van der Waals surface area contributed by atoms with Gasteiger partial charge in [-0.2, -0.15) is 5.10 Å². The Labute approximate surface area is 156 Å². The molecule has 0 spiro atoms. The fraction of sp³-hybridized carbons (Fsp3) is 0.524. The minimum atomic E-state index is 0.0834. The van der Waals surface area contributed by atoms with Crippen molar-refractivity contribution in [2.45, 2.75) is 52.6 Å². The Morgan fingerprint density at radius 3 is 2.65 bits per heavy atom. The van der Waals surface area contributed by atoms with Gasteiger partial charge in [0.05, 0.1) is 12.1 Å². The first-order valence-electron chi connectivity index (χ1n) is 9.56. The van der Waals surface area contributed by atoms with Crippen LogP contribution in [-0.2, 0) is 31.2 Å². The van der Waals surface area contributed by atoms with E-state index in [1.54, 1.807) is 0 Å². The van der Waals surface area contributed by atoms with E-state index >= 15 is 0 Å². The molecule has 0 radical (unpaired) electrons. The number of carbonyl (C=O) groups excluding carboxylic acids is 1. The van der Waals surface area contributed by atoms with Gasteiger partial charge in [0.15, 0.2) is 0 Å². The van der Waals surface area contributed by atoms with Crippen molar-refractivity contribution in [2.75, 3.05) is 13.1 Å². The lowest BCUT2D eigenvalue weighted by molar-refractivity contribution is -0.120. The van der Waals surface area contributed by atoms with Gasteiger partial charge in [0.2, 0.25) is 5.91 Å². The molecular weight excluding hydrogens is 324 g/mol. The fourth-order valence-electron chi connectivity index (χ4n) is 3.89. The third-order valence-corrected chi connectivity index (χ3v) is 5.68. The number of hydrogen-bond acceptors (Lipinski definition) is 3. The lowest BCUT2D eigenvalue weighted by Gasteiger charge is -2.35. The quantitative estimate of drug-likeness (QED) is 0.867. The summed E-state index contributed by atoms with van der Waals surface area (Å²) in [6.07, 6.45) is 2.53. The summed E-state index contributed by atoms with van der Waals surface area (Å²) in [6, 6.07) is 9.07. The minimum absolute atomic E-state index is 0.0834. The lowest BCUT2D eigenvalue weighted by Crippen LogP contribution is -2.46. The second kappa shape index (κ2) is 8.04. The maximum atomic E-state index is 12.5. The number of hydrogen-bond donors (Lipinski definition) is 1. The molecule has 140 valence electrons. The maximum absolute atomic E-state index is 12.5. The highest BCUT2D eigenvalue weighted by Gasteiger charge is 2.23. The van der Waals surface area contributed by atoms with Gasteiger partial charge in [0, 0.05) is 44.0 Å². The Balaban J connectivity index is 1.56. The molecule has 1 amide bonds. The summed E-state index contributed by atoms with van der Waals surface area (Å²) in [5.41, 5.74) is 5.94. The second-order valence-corrected chi connectivity index (χ2v) is 7.31. The molecule has 0 saturated carbocycles. The van der Waals surface area contributed by atoms with Crippen molar-refractivity contribution in [2.24, 2.45) is 7.05 Å². The first-order valence-corrected chi connectivity index (χ1v) is 9.56. The first-order chi connectivity index (χ1) is 12.5. The number of rotatable bonds is 6.